The number of nitrogens with one attached hydrogen (secondary N) is 2. The maximum absolute atomic E-state index is 12.8. The minimum atomic E-state index is -3.54. The highest BCUT2D eigenvalue weighted by Crippen LogP contribution is 2.19. The molecule has 9 heteroatoms. The number of carbonyl (C=O) groups excluding carboxylic acids is 1. The van der Waals surface area contributed by atoms with Gasteiger partial charge >= 0.3 is 0 Å². The quantitative estimate of drug-likeness (QED) is 0.583. The summed E-state index contributed by atoms with van der Waals surface area (Å²) < 4.78 is 27.1. The second-order valence-corrected chi connectivity index (χ2v) is 9.13. The van der Waals surface area contributed by atoms with Gasteiger partial charge in [-0.05, 0) is 73.6 Å². The summed E-state index contributed by atoms with van der Waals surface area (Å²) in [4.78, 5) is 12.4. The lowest BCUT2D eigenvalue weighted by Gasteiger charge is -2.21. The molecule has 0 unspecified atom stereocenters. The van der Waals surface area contributed by atoms with Crippen LogP contribution in [0.4, 0.5) is 5.69 Å². The minimum absolute atomic E-state index is 0.110. The number of carbonyl (C=O) groups is 1. The van der Waals surface area contributed by atoms with E-state index in [2.05, 4.69) is 10.6 Å². The number of rotatable bonds is 8. The molecule has 29 heavy (non-hydrogen) atoms. The van der Waals surface area contributed by atoms with Crippen molar-refractivity contribution in [1.82, 2.24) is 9.62 Å². The van der Waals surface area contributed by atoms with Crippen LogP contribution in [0.5, 0.6) is 0 Å². The molecule has 0 aliphatic heterocycles. The molecule has 0 saturated carbocycles. The molecular formula is C20H24ClN3O3S2. The second kappa shape index (κ2) is 10.7. The number of anilines is 1. The SMILES string of the molecule is CCCN(CCC)S(=O)(=O)c1ccc(NC(=S)NC(=O)c2ccc(Cl)cc2)cc1. The molecule has 0 heterocycles. The summed E-state index contributed by atoms with van der Waals surface area (Å²) in [5.74, 6) is -0.367. The molecule has 0 aliphatic carbocycles. The molecule has 6 nitrogen and oxygen atoms in total. The summed E-state index contributed by atoms with van der Waals surface area (Å²) in [5.41, 5.74) is 0.995. The predicted octanol–water partition coefficient (Wildman–Crippen LogP) is 4.28. The first-order valence-electron chi connectivity index (χ1n) is 9.26. The van der Waals surface area contributed by atoms with Gasteiger partial charge in [-0.25, -0.2) is 8.42 Å². The standard InChI is InChI=1S/C20H24ClN3O3S2/c1-3-13-24(14-4-2)29(26,27)18-11-9-17(10-12-18)22-20(28)23-19(25)15-5-7-16(21)8-6-15/h5-12H,3-4,13-14H2,1-2H3,(H2,22,23,25,28). The van der Waals surface area contributed by atoms with Crippen LogP contribution in [0.15, 0.2) is 53.4 Å². The third-order valence-corrected chi connectivity index (χ3v) is 6.40. The molecule has 1 amide bonds. The zero-order chi connectivity index (χ0) is 21.4. The van der Waals surface area contributed by atoms with Crippen molar-refractivity contribution in [1.29, 1.82) is 0 Å². The Hall–Kier alpha value is -2.00. The van der Waals surface area contributed by atoms with Gasteiger partial charge in [0.05, 0.1) is 4.90 Å². The number of amides is 1. The Balaban J connectivity index is 2.03. The molecule has 0 aliphatic rings. The van der Waals surface area contributed by atoms with Gasteiger partial charge in [-0.2, -0.15) is 4.31 Å². The minimum Gasteiger partial charge on any atom is -0.332 e. The Kier molecular flexibility index (Phi) is 8.58. The Labute approximate surface area is 182 Å². The zero-order valence-electron chi connectivity index (χ0n) is 16.3. The smallest absolute Gasteiger partial charge is 0.257 e. The normalized spacial score (nSPS) is 11.3. The lowest BCUT2D eigenvalue weighted by Crippen LogP contribution is -2.34. The van der Waals surface area contributed by atoms with Gasteiger partial charge in [-0.3, -0.25) is 10.1 Å². The highest BCUT2D eigenvalue weighted by Gasteiger charge is 2.22. The summed E-state index contributed by atoms with van der Waals surface area (Å²) in [6.45, 7) is 4.86. The average Bonchev–Trinajstić information content (AvgIpc) is 2.68. The van der Waals surface area contributed by atoms with E-state index in [4.69, 9.17) is 23.8 Å². The lowest BCUT2D eigenvalue weighted by molar-refractivity contribution is 0.0977. The Morgan fingerprint density at radius 2 is 1.55 bits per heavy atom. The van der Waals surface area contributed by atoms with Gasteiger partial charge in [0.25, 0.3) is 5.91 Å². The first-order chi connectivity index (χ1) is 13.8. The molecule has 0 fully saturated rings. The molecule has 0 spiro atoms. The molecule has 2 aromatic carbocycles. The van der Waals surface area contributed by atoms with Crippen LogP contribution in [0.25, 0.3) is 0 Å². The van der Waals surface area contributed by atoms with Gasteiger partial charge in [-0.15, -0.1) is 0 Å². The van der Waals surface area contributed by atoms with E-state index in [1.54, 1.807) is 36.4 Å². The van der Waals surface area contributed by atoms with E-state index in [0.717, 1.165) is 12.8 Å². The van der Waals surface area contributed by atoms with Crippen molar-refractivity contribution in [2.45, 2.75) is 31.6 Å². The summed E-state index contributed by atoms with van der Waals surface area (Å²) in [6, 6.07) is 12.7. The fraction of sp³-hybridized carbons (Fsp3) is 0.300. The van der Waals surface area contributed by atoms with E-state index in [9.17, 15) is 13.2 Å². The second-order valence-electron chi connectivity index (χ2n) is 6.34. The van der Waals surface area contributed by atoms with E-state index in [1.165, 1.54) is 16.4 Å². The molecule has 2 N–H and O–H groups in total. The predicted molar refractivity (Wildman–Crippen MR) is 121 cm³/mol. The summed E-state index contributed by atoms with van der Waals surface area (Å²) in [6.07, 6.45) is 1.50. The Morgan fingerprint density at radius 1 is 1.00 bits per heavy atom. The van der Waals surface area contributed by atoms with Crippen LogP contribution in [0, 0.1) is 0 Å². The van der Waals surface area contributed by atoms with Crippen molar-refractivity contribution in [2.24, 2.45) is 0 Å². The summed E-state index contributed by atoms with van der Waals surface area (Å²) >= 11 is 11.0. The molecule has 0 aromatic heterocycles. The average molecular weight is 454 g/mol. The van der Waals surface area contributed by atoms with E-state index < -0.39 is 10.0 Å². The number of hydrogen-bond donors (Lipinski definition) is 2. The summed E-state index contributed by atoms with van der Waals surface area (Å²) in [7, 11) is -3.54. The van der Waals surface area contributed by atoms with Gasteiger partial charge in [0, 0.05) is 29.4 Å². The monoisotopic (exact) mass is 453 g/mol. The van der Waals surface area contributed by atoms with Crippen molar-refractivity contribution in [3.63, 3.8) is 0 Å². The number of halogens is 1. The maximum atomic E-state index is 12.8. The number of nitrogens with zero attached hydrogens (tertiary/aromatic N) is 1. The molecular weight excluding hydrogens is 430 g/mol. The van der Waals surface area contributed by atoms with Crippen molar-refractivity contribution in [3.8, 4) is 0 Å². The van der Waals surface area contributed by atoms with Gasteiger partial charge in [0.2, 0.25) is 10.0 Å². The van der Waals surface area contributed by atoms with E-state index in [1.807, 2.05) is 13.8 Å². The van der Waals surface area contributed by atoms with Crippen LogP contribution < -0.4 is 10.6 Å². The van der Waals surface area contributed by atoms with Crippen molar-refractivity contribution in [2.75, 3.05) is 18.4 Å². The van der Waals surface area contributed by atoms with Crippen molar-refractivity contribution < 1.29 is 13.2 Å². The van der Waals surface area contributed by atoms with Crippen LogP contribution in [0.3, 0.4) is 0 Å². The first-order valence-corrected chi connectivity index (χ1v) is 11.5. The maximum Gasteiger partial charge on any atom is 0.257 e. The lowest BCUT2D eigenvalue weighted by atomic mass is 10.2. The highest BCUT2D eigenvalue weighted by molar-refractivity contribution is 7.89. The van der Waals surface area contributed by atoms with Crippen molar-refractivity contribution >= 4 is 50.5 Å². The van der Waals surface area contributed by atoms with Crippen LogP contribution in [0.2, 0.25) is 5.02 Å². The molecule has 156 valence electrons. The fourth-order valence-electron chi connectivity index (χ4n) is 2.65. The van der Waals surface area contributed by atoms with E-state index in [0.29, 0.717) is 29.4 Å². The molecule has 2 rings (SSSR count). The number of benzene rings is 2. The Bertz CT molecular complexity index is 940. The molecule has 2 aromatic rings. The summed E-state index contributed by atoms with van der Waals surface area (Å²) in [5, 5.41) is 6.10. The highest BCUT2D eigenvalue weighted by atomic mass is 35.5. The van der Waals surface area contributed by atoms with Crippen LogP contribution >= 0.6 is 23.8 Å². The van der Waals surface area contributed by atoms with Crippen LogP contribution in [0.1, 0.15) is 37.0 Å². The fourth-order valence-corrected chi connectivity index (χ4v) is 4.61. The van der Waals surface area contributed by atoms with Crippen LogP contribution in [-0.2, 0) is 10.0 Å². The van der Waals surface area contributed by atoms with Gasteiger partial charge < -0.3 is 5.32 Å². The van der Waals surface area contributed by atoms with Gasteiger partial charge in [-0.1, -0.05) is 25.4 Å². The molecule has 0 bridgehead atoms. The van der Waals surface area contributed by atoms with E-state index >= 15 is 0 Å². The van der Waals surface area contributed by atoms with Crippen LogP contribution in [-0.4, -0.2) is 36.8 Å². The van der Waals surface area contributed by atoms with Gasteiger partial charge in [0.15, 0.2) is 5.11 Å². The first kappa shape index (κ1) is 23.3. The largest absolute Gasteiger partial charge is 0.332 e. The number of thiocarbonyl (C=S) groups is 1. The van der Waals surface area contributed by atoms with Crippen molar-refractivity contribution in [3.05, 3.63) is 59.1 Å². The number of hydrogen-bond acceptors (Lipinski definition) is 4. The number of sulfonamides is 1. The van der Waals surface area contributed by atoms with Gasteiger partial charge in [0.1, 0.15) is 0 Å². The third kappa shape index (κ3) is 6.50. The topological polar surface area (TPSA) is 78.5 Å². The van der Waals surface area contributed by atoms with E-state index in [-0.39, 0.29) is 15.9 Å². The third-order valence-electron chi connectivity index (χ3n) is 4.03. The molecule has 0 radical (unpaired) electrons. The molecule has 0 saturated heterocycles. The Morgan fingerprint density at radius 3 is 2.07 bits per heavy atom. The zero-order valence-corrected chi connectivity index (χ0v) is 18.7. The molecule has 0 atom stereocenters.